The highest BCUT2D eigenvalue weighted by molar-refractivity contribution is 6.34. The summed E-state index contributed by atoms with van der Waals surface area (Å²) in [5.41, 5.74) is 9.69. The van der Waals surface area contributed by atoms with Gasteiger partial charge in [-0.15, -0.1) is 0 Å². The van der Waals surface area contributed by atoms with Gasteiger partial charge in [0.15, 0.2) is 0 Å². The first-order valence-electron chi connectivity index (χ1n) is 14.8. The van der Waals surface area contributed by atoms with E-state index in [4.69, 9.17) is 0 Å². The lowest BCUT2D eigenvalue weighted by Gasteiger charge is -2.11. The van der Waals surface area contributed by atoms with Crippen molar-refractivity contribution in [3.8, 4) is 17.1 Å². The van der Waals surface area contributed by atoms with Crippen LogP contribution < -0.4 is 0 Å². The van der Waals surface area contributed by atoms with Gasteiger partial charge in [-0.1, -0.05) is 78.9 Å². The van der Waals surface area contributed by atoms with E-state index >= 15 is 0 Å². The second-order valence-electron chi connectivity index (χ2n) is 11.4. The van der Waals surface area contributed by atoms with Crippen molar-refractivity contribution in [2.24, 2.45) is 0 Å². The van der Waals surface area contributed by atoms with Crippen LogP contribution in [0.2, 0.25) is 0 Å². The number of aromatic nitrogens is 3. The molecule has 0 atom stereocenters. The predicted molar refractivity (Wildman–Crippen MR) is 181 cm³/mol. The lowest BCUT2D eigenvalue weighted by molar-refractivity contribution is 1.13. The van der Waals surface area contributed by atoms with Crippen molar-refractivity contribution < 1.29 is 0 Å². The van der Waals surface area contributed by atoms with Gasteiger partial charge < -0.3 is 13.7 Å². The average Bonchev–Trinajstić information content (AvgIpc) is 3.76. The largest absolute Gasteiger partial charge is 0.316 e. The maximum atomic E-state index is 2.44. The summed E-state index contributed by atoms with van der Waals surface area (Å²) in [4.78, 5) is 0. The number of hydrogen-bond acceptors (Lipinski definition) is 0. The third kappa shape index (κ3) is 2.98. The van der Waals surface area contributed by atoms with Gasteiger partial charge in [0.05, 0.1) is 27.6 Å². The van der Waals surface area contributed by atoms with Crippen molar-refractivity contribution in [2.45, 2.75) is 0 Å². The molecule has 3 heteroatoms. The second kappa shape index (κ2) is 8.37. The highest BCUT2D eigenvalue weighted by atomic mass is 15.0. The molecule has 7 aromatic carbocycles. The van der Waals surface area contributed by atoms with Crippen molar-refractivity contribution >= 4 is 65.3 Å². The van der Waals surface area contributed by atoms with E-state index in [0.717, 1.165) is 11.4 Å². The summed E-state index contributed by atoms with van der Waals surface area (Å²) in [6.45, 7) is 0. The van der Waals surface area contributed by atoms with E-state index in [1.807, 2.05) is 0 Å². The topological polar surface area (TPSA) is 14.8 Å². The first-order valence-corrected chi connectivity index (χ1v) is 14.8. The summed E-state index contributed by atoms with van der Waals surface area (Å²) in [5, 5.41) is 9.08. The minimum absolute atomic E-state index is 1.16. The quantitative estimate of drug-likeness (QED) is 0.196. The van der Waals surface area contributed by atoms with Gasteiger partial charge in [-0.05, 0) is 72.1 Å². The molecule has 0 aliphatic heterocycles. The fourth-order valence-corrected chi connectivity index (χ4v) is 7.49. The van der Waals surface area contributed by atoms with Gasteiger partial charge in [0, 0.05) is 55.6 Å². The van der Waals surface area contributed by atoms with Crippen LogP contribution in [0.3, 0.4) is 0 Å². The van der Waals surface area contributed by atoms with Crippen LogP contribution in [-0.2, 0) is 0 Å². The van der Waals surface area contributed by atoms with E-state index in [1.54, 1.807) is 0 Å². The van der Waals surface area contributed by atoms with Crippen LogP contribution in [0.1, 0.15) is 0 Å². The Labute approximate surface area is 247 Å². The third-order valence-electron chi connectivity index (χ3n) is 9.23. The zero-order valence-electron chi connectivity index (χ0n) is 23.3. The van der Waals surface area contributed by atoms with E-state index in [2.05, 4.69) is 165 Å². The number of hydrogen-bond donors (Lipinski definition) is 0. The molecule has 0 aliphatic carbocycles. The Balaban J connectivity index is 1.23. The van der Waals surface area contributed by atoms with Gasteiger partial charge in [0.1, 0.15) is 0 Å². The minimum atomic E-state index is 1.16. The van der Waals surface area contributed by atoms with E-state index < -0.39 is 0 Å². The second-order valence-corrected chi connectivity index (χ2v) is 11.4. The molecule has 0 fully saturated rings. The molecule has 200 valence electrons. The van der Waals surface area contributed by atoms with Crippen molar-refractivity contribution in [1.29, 1.82) is 0 Å². The van der Waals surface area contributed by atoms with Gasteiger partial charge in [0.2, 0.25) is 0 Å². The van der Waals surface area contributed by atoms with Crippen molar-refractivity contribution in [2.75, 3.05) is 0 Å². The van der Waals surface area contributed by atoms with Crippen LogP contribution in [0.4, 0.5) is 0 Å². The summed E-state index contributed by atoms with van der Waals surface area (Å²) >= 11 is 0. The highest BCUT2D eigenvalue weighted by Crippen LogP contribution is 2.44. The lowest BCUT2D eigenvalue weighted by Crippen LogP contribution is -1.97. The molecule has 3 nitrogen and oxygen atoms in total. The summed E-state index contributed by atoms with van der Waals surface area (Å²) in [7, 11) is 0. The van der Waals surface area contributed by atoms with Gasteiger partial charge >= 0.3 is 0 Å². The van der Waals surface area contributed by atoms with E-state index in [1.165, 1.54) is 71.0 Å². The van der Waals surface area contributed by atoms with Gasteiger partial charge in [0.25, 0.3) is 0 Å². The maximum Gasteiger partial charge on any atom is 0.0614 e. The van der Waals surface area contributed by atoms with E-state index in [9.17, 15) is 0 Å². The zero-order chi connectivity index (χ0) is 28.1. The molecular weight excluding hydrogens is 522 g/mol. The summed E-state index contributed by atoms with van der Waals surface area (Å²) in [6, 6.07) is 52.9. The molecule has 0 spiro atoms. The first-order chi connectivity index (χ1) is 21.4. The number of fused-ring (bicyclic) bond motifs is 6. The Bertz CT molecular complexity index is 2590. The van der Waals surface area contributed by atoms with Gasteiger partial charge in [-0.25, -0.2) is 0 Å². The molecular formula is C40H25N3. The molecule has 0 saturated carbocycles. The average molecular weight is 548 g/mol. The molecule has 0 aliphatic rings. The number of para-hydroxylation sites is 3. The molecule has 43 heavy (non-hydrogen) atoms. The van der Waals surface area contributed by atoms with Crippen molar-refractivity contribution in [3.05, 3.63) is 152 Å². The number of benzene rings is 7. The van der Waals surface area contributed by atoms with Gasteiger partial charge in [-0.3, -0.25) is 0 Å². The molecule has 0 N–H and O–H groups in total. The summed E-state index contributed by atoms with van der Waals surface area (Å²) in [5.74, 6) is 0. The monoisotopic (exact) mass is 547 g/mol. The Morgan fingerprint density at radius 3 is 1.44 bits per heavy atom. The fourth-order valence-electron chi connectivity index (χ4n) is 7.49. The Morgan fingerprint density at radius 1 is 0.302 bits per heavy atom. The highest BCUT2D eigenvalue weighted by Gasteiger charge is 2.21. The normalized spacial score (nSPS) is 12.2. The Morgan fingerprint density at radius 2 is 0.791 bits per heavy atom. The van der Waals surface area contributed by atoms with E-state index in [-0.39, 0.29) is 0 Å². The molecule has 0 radical (unpaired) electrons. The Kier molecular flexibility index (Phi) is 4.45. The van der Waals surface area contributed by atoms with Crippen molar-refractivity contribution in [3.63, 3.8) is 0 Å². The molecule has 10 aromatic rings. The minimum Gasteiger partial charge on any atom is -0.316 e. The van der Waals surface area contributed by atoms with E-state index in [0.29, 0.717) is 0 Å². The van der Waals surface area contributed by atoms with Gasteiger partial charge in [-0.2, -0.15) is 0 Å². The van der Waals surface area contributed by atoms with Crippen LogP contribution in [-0.4, -0.2) is 13.7 Å². The SMILES string of the molecule is c1ccc(-n2ccc3c4cccc5c4c4c(cccc4n5-c4ccc(-n5c6ccccc6c6ccccc65)cc4)c32)cc1. The van der Waals surface area contributed by atoms with Crippen LogP contribution in [0.15, 0.2) is 152 Å². The summed E-state index contributed by atoms with van der Waals surface area (Å²) < 4.78 is 7.15. The van der Waals surface area contributed by atoms with Crippen LogP contribution in [0, 0.1) is 0 Å². The maximum absolute atomic E-state index is 2.44. The standard InChI is InChI=1S/C40H25N3/c1-2-10-26(11-3-1)41-25-24-32-31-14-8-18-36-38(31)39-33(40(32)41)15-9-19-37(39)43(36)28-22-20-27(21-23-28)42-34-16-6-4-12-29(34)30-13-5-7-17-35(30)42/h1-25H. The van der Waals surface area contributed by atoms with Crippen LogP contribution in [0.5, 0.6) is 0 Å². The molecule has 0 saturated heterocycles. The molecule has 10 rings (SSSR count). The number of nitrogens with zero attached hydrogens (tertiary/aromatic N) is 3. The van der Waals surface area contributed by atoms with Crippen LogP contribution >= 0.6 is 0 Å². The number of rotatable bonds is 3. The molecule has 0 amide bonds. The third-order valence-corrected chi connectivity index (χ3v) is 9.23. The molecule has 3 aromatic heterocycles. The zero-order valence-corrected chi connectivity index (χ0v) is 23.3. The first kappa shape index (κ1) is 22.8. The predicted octanol–water partition coefficient (Wildman–Crippen LogP) is 10.4. The van der Waals surface area contributed by atoms with Crippen LogP contribution in [0.25, 0.3) is 82.3 Å². The lowest BCUT2D eigenvalue weighted by atomic mass is 9.98. The molecule has 3 heterocycles. The summed E-state index contributed by atoms with van der Waals surface area (Å²) in [6.07, 6.45) is 2.21. The Hall–Kier alpha value is -5.80. The smallest absolute Gasteiger partial charge is 0.0614 e. The molecule has 0 unspecified atom stereocenters. The fraction of sp³-hybridized carbons (Fsp3) is 0. The van der Waals surface area contributed by atoms with Crippen molar-refractivity contribution in [1.82, 2.24) is 13.7 Å². The molecule has 0 bridgehead atoms.